The van der Waals surface area contributed by atoms with E-state index in [-0.39, 0.29) is 30.7 Å². The topological polar surface area (TPSA) is 58.4 Å². The number of nitrogens with zero attached hydrogens (tertiary/aromatic N) is 1. The molecule has 0 bridgehead atoms. The lowest BCUT2D eigenvalue weighted by atomic mass is 9.92. The van der Waals surface area contributed by atoms with Crippen LogP contribution in [-0.2, 0) is 10.3 Å². The fraction of sp³-hybridized carbons (Fsp3) is 0.316. The predicted molar refractivity (Wildman–Crippen MR) is 111 cm³/mol. The number of nitrogens with one attached hydrogen (secondary N) is 1. The van der Waals surface area contributed by atoms with E-state index in [0.29, 0.717) is 6.04 Å². The number of hydrogen-bond acceptors (Lipinski definition) is 3. The first-order valence-electron chi connectivity index (χ1n) is 7.81. The Hall–Kier alpha value is -1.75. The second-order valence-electron chi connectivity index (χ2n) is 6.28. The normalized spacial score (nSPS) is 12.4. The summed E-state index contributed by atoms with van der Waals surface area (Å²) < 4.78 is 0. The first kappa shape index (κ1) is 23.2. The van der Waals surface area contributed by atoms with Crippen LogP contribution in [0.15, 0.2) is 54.6 Å². The molecule has 3 N–H and O–H groups in total. The van der Waals surface area contributed by atoms with Gasteiger partial charge >= 0.3 is 0 Å². The fourth-order valence-corrected chi connectivity index (χ4v) is 2.28. The predicted octanol–water partition coefficient (Wildman–Crippen LogP) is 4.19. The van der Waals surface area contributed by atoms with Crippen LogP contribution in [0.4, 0.5) is 11.4 Å². The number of rotatable bonds is 5. The molecule has 0 radical (unpaired) electrons. The molecular formula is C19H27Cl2N3O. The van der Waals surface area contributed by atoms with Gasteiger partial charge in [0.2, 0.25) is 5.91 Å². The van der Waals surface area contributed by atoms with Crippen LogP contribution >= 0.6 is 24.8 Å². The van der Waals surface area contributed by atoms with Gasteiger partial charge in [-0.1, -0.05) is 36.4 Å². The van der Waals surface area contributed by atoms with Gasteiger partial charge in [-0.3, -0.25) is 4.79 Å². The molecule has 2 rings (SSSR count). The standard InChI is InChI=1S/C19H25N3O.2ClH/c1-14(2)22(4)17-12-8-11-16(13-17)21-18(23)19(3,20)15-9-6-5-7-10-15;;/h5-14H,20H2,1-4H3,(H,21,23);2*1H. The Labute approximate surface area is 162 Å². The summed E-state index contributed by atoms with van der Waals surface area (Å²) in [5.41, 5.74) is 7.75. The largest absolute Gasteiger partial charge is 0.372 e. The maximum Gasteiger partial charge on any atom is 0.248 e. The van der Waals surface area contributed by atoms with E-state index >= 15 is 0 Å². The van der Waals surface area contributed by atoms with Gasteiger partial charge in [0.05, 0.1) is 0 Å². The molecule has 0 aliphatic carbocycles. The zero-order valence-corrected chi connectivity index (χ0v) is 16.7. The molecular weight excluding hydrogens is 357 g/mol. The van der Waals surface area contributed by atoms with E-state index in [9.17, 15) is 4.79 Å². The Morgan fingerprint density at radius 1 is 1.08 bits per heavy atom. The summed E-state index contributed by atoms with van der Waals surface area (Å²) >= 11 is 0. The molecule has 0 saturated carbocycles. The molecule has 0 spiro atoms. The Bertz CT molecular complexity index is 675. The minimum absolute atomic E-state index is 0. The van der Waals surface area contributed by atoms with Gasteiger partial charge in [0.15, 0.2) is 0 Å². The van der Waals surface area contributed by atoms with Crippen LogP contribution in [0.3, 0.4) is 0 Å². The summed E-state index contributed by atoms with van der Waals surface area (Å²) in [6.07, 6.45) is 0. The smallest absolute Gasteiger partial charge is 0.248 e. The molecule has 0 saturated heterocycles. The first-order valence-corrected chi connectivity index (χ1v) is 7.81. The van der Waals surface area contributed by atoms with Crippen molar-refractivity contribution in [1.82, 2.24) is 0 Å². The highest BCUT2D eigenvalue weighted by atomic mass is 35.5. The molecule has 1 amide bonds. The molecule has 2 aromatic carbocycles. The van der Waals surface area contributed by atoms with Crippen LogP contribution in [0.5, 0.6) is 0 Å². The van der Waals surface area contributed by atoms with Crippen molar-refractivity contribution >= 4 is 42.1 Å². The van der Waals surface area contributed by atoms with Crippen molar-refractivity contribution in [3.05, 3.63) is 60.2 Å². The maximum atomic E-state index is 12.6. The van der Waals surface area contributed by atoms with Gasteiger partial charge in [-0.05, 0) is 44.5 Å². The molecule has 6 heteroatoms. The van der Waals surface area contributed by atoms with Crippen LogP contribution < -0.4 is 16.0 Å². The highest BCUT2D eigenvalue weighted by Crippen LogP contribution is 2.23. The van der Waals surface area contributed by atoms with Gasteiger partial charge in [-0.15, -0.1) is 24.8 Å². The number of hydrogen-bond donors (Lipinski definition) is 2. The SMILES string of the molecule is CC(C)N(C)c1cccc(NC(=O)C(C)(N)c2ccccc2)c1.Cl.Cl. The van der Waals surface area contributed by atoms with E-state index in [1.54, 1.807) is 6.92 Å². The van der Waals surface area contributed by atoms with E-state index < -0.39 is 5.54 Å². The lowest BCUT2D eigenvalue weighted by molar-refractivity contribution is -0.120. The molecule has 138 valence electrons. The highest BCUT2D eigenvalue weighted by molar-refractivity contribution is 5.98. The van der Waals surface area contributed by atoms with Crippen LogP contribution in [0.2, 0.25) is 0 Å². The minimum atomic E-state index is -1.08. The maximum absolute atomic E-state index is 12.6. The van der Waals surface area contributed by atoms with Crippen molar-refractivity contribution in [2.75, 3.05) is 17.3 Å². The Balaban J connectivity index is 0.00000288. The Kier molecular flexibility index (Phi) is 8.98. The van der Waals surface area contributed by atoms with Gasteiger partial charge in [0.1, 0.15) is 5.54 Å². The number of nitrogens with two attached hydrogens (primary N) is 1. The lowest BCUT2D eigenvalue weighted by Crippen LogP contribution is -2.45. The van der Waals surface area contributed by atoms with Crippen molar-refractivity contribution in [1.29, 1.82) is 0 Å². The van der Waals surface area contributed by atoms with E-state index in [0.717, 1.165) is 16.9 Å². The van der Waals surface area contributed by atoms with E-state index in [1.165, 1.54) is 0 Å². The van der Waals surface area contributed by atoms with Crippen molar-refractivity contribution in [3.8, 4) is 0 Å². The third-order valence-corrected chi connectivity index (χ3v) is 4.13. The average Bonchev–Trinajstić information content (AvgIpc) is 2.55. The summed E-state index contributed by atoms with van der Waals surface area (Å²) in [6, 6.07) is 17.6. The van der Waals surface area contributed by atoms with Crippen LogP contribution in [0.25, 0.3) is 0 Å². The molecule has 1 atom stereocenters. The summed E-state index contributed by atoms with van der Waals surface area (Å²) in [5.74, 6) is -0.229. The van der Waals surface area contributed by atoms with Crippen molar-refractivity contribution in [3.63, 3.8) is 0 Å². The number of carbonyl (C=O) groups excluding carboxylic acids is 1. The number of anilines is 2. The van der Waals surface area contributed by atoms with Crippen molar-refractivity contribution < 1.29 is 4.79 Å². The molecule has 0 aliphatic heterocycles. The molecule has 0 fully saturated rings. The van der Waals surface area contributed by atoms with Crippen LogP contribution in [0.1, 0.15) is 26.3 Å². The quantitative estimate of drug-likeness (QED) is 0.813. The third kappa shape index (κ3) is 5.63. The number of benzene rings is 2. The van der Waals surface area contributed by atoms with Crippen molar-refractivity contribution in [2.24, 2.45) is 5.73 Å². The summed E-state index contributed by atoms with van der Waals surface area (Å²) in [4.78, 5) is 14.7. The molecule has 0 aliphatic rings. The summed E-state index contributed by atoms with van der Waals surface area (Å²) in [6.45, 7) is 5.97. The van der Waals surface area contributed by atoms with Gasteiger partial charge in [-0.25, -0.2) is 0 Å². The Morgan fingerprint density at radius 2 is 1.68 bits per heavy atom. The average molecular weight is 384 g/mol. The first-order chi connectivity index (χ1) is 10.8. The molecule has 4 nitrogen and oxygen atoms in total. The fourth-order valence-electron chi connectivity index (χ4n) is 2.28. The van der Waals surface area contributed by atoms with Gasteiger partial charge in [0, 0.05) is 24.5 Å². The zero-order chi connectivity index (χ0) is 17.0. The second-order valence-corrected chi connectivity index (χ2v) is 6.28. The number of carbonyl (C=O) groups is 1. The number of amides is 1. The van der Waals surface area contributed by atoms with E-state index in [1.807, 2.05) is 61.6 Å². The van der Waals surface area contributed by atoms with Crippen LogP contribution in [-0.4, -0.2) is 19.0 Å². The molecule has 0 heterocycles. The number of halogens is 2. The molecule has 25 heavy (non-hydrogen) atoms. The second kappa shape index (κ2) is 9.66. The Morgan fingerprint density at radius 3 is 2.24 bits per heavy atom. The zero-order valence-electron chi connectivity index (χ0n) is 15.0. The molecule has 2 aromatic rings. The van der Waals surface area contributed by atoms with E-state index in [2.05, 4.69) is 24.1 Å². The molecule has 1 unspecified atom stereocenters. The van der Waals surface area contributed by atoms with Crippen molar-refractivity contribution in [2.45, 2.75) is 32.4 Å². The minimum Gasteiger partial charge on any atom is -0.372 e. The monoisotopic (exact) mass is 383 g/mol. The van der Waals surface area contributed by atoms with E-state index in [4.69, 9.17) is 5.73 Å². The van der Waals surface area contributed by atoms with Crippen LogP contribution in [0, 0.1) is 0 Å². The highest BCUT2D eigenvalue weighted by Gasteiger charge is 2.30. The summed E-state index contributed by atoms with van der Waals surface area (Å²) in [5, 5.41) is 2.92. The van der Waals surface area contributed by atoms with Gasteiger partial charge < -0.3 is 16.0 Å². The van der Waals surface area contributed by atoms with Gasteiger partial charge in [0.25, 0.3) is 0 Å². The lowest BCUT2D eigenvalue weighted by Gasteiger charge is -2.26. The third-order valence-electron chi connectivity index (χ3n) is 4.13. The van der Waals surface area contributed by atoms with Gasteiger partial charge in [-0.2, -0.15) is 0 Å². The molecule has 0 aromatic heterocycles. The summed E-state index contributed by atoms with van der Waals surface area (Å²) in [7, 11) is 2.03.